The van der Waals surface area contributed by atoms with Crippen LogP contribution in [0, 0.1) is 40.4 Å². The van der Waals surface area contributed by atoms with Crippen molar-refractivity contribution in [2.24, 2.45) is 40.4 Å². The number of ether oxygens (including phenoxy) is 1. The van der Waals surface area contributed by atoms with Gasteiger partial charge in [-0.25, -0.2) is 0 Å². The standard InChI is InChI=1S/C14H22O2.C10H16O.CH4/c1-5-16-13(15)7-10-6-11-8-12(9(10)2)14(11,3)4;1-10(2)8-4-3-7(6-11)9(10)5-8;/h10-12H,2,5-8H2,1,3-4H3;3,8-9,11H,4-6H2,1-2H3;1H4/t10-,11+,12+;8-,9-;/m10./s1. The number of aliphatic hydroxyl groups excluding tert-OH is 1. The van der Waals surface area contributed by atoms with Crippen molar-refractivity contribution in [1.29, 1.82) is 0 Å². The molecule has 1 N–H and O–H groups in total. The average molecular weight is 391 g/mol. The Hall–Kier alpha value is -1.09. The number of fused-ring (bicyclic) bond motifs is 3. The molecule has 3 heteroatoms. The maximum atomic E-state index is 11.5. The lowest BCUT2D eigenvalue weighted by atomic mass is 9.45. The number of aliphatic hydroxyl groups is 1. The first-order chi connectivity index (χ1) is 12.6. The lowest BCUT2D eigenvalue weighted by molar-refractivity contribution is -0.145. The predicted molar refractivity (Wildman–Crippen MR) is 116 cm³/mol. The van der Waals surface area contributed by atoms with E-state index in [9.17, 15) is 4.79 Å². The molecule has 0 aromatic rings. The third-order valence-electron chi connectivity index (χ3n) is 8.50. The normalized spacial score (nSPS) is 35.7. The molecule has 0 aromatic carbocycles. The molecule has 0 unspecified atom stereocenters. The van der Waals surface area contributed by atoms with Gasteiger partial charge < -0.3 is 9.84 Å². The monoisotopic (exact) mass is 390 g/mol. The Morgan fingerprint density at radius 3 is 2.18 bits per heavy atom. The van der Waals surface area contributed by atoms with Crippen molar-refractivity contribution in [1.82, 2.24) is 0 Å². The molecule has 0 saturated heterocycles. The minimum atomic E-state index is -0.0623. The summed E-state index contributed by atoms with van der Waals surface area (Å²) in [6, 6.07) is 0. The highest BCUT2D eigenvalue weighted by molar-refractivity contribution is 5.70. The minimum absolute atomic E-state index is 0. The summed E-state index contributed by atoms with van der Waals surface area (Å²) in [5.74, 6) is 3.30. The maximum absolute atomic E-state index is 11.5. The number of hydrogen-bond acceptors (Lipinski definition) is 3. The van der Waals surface area contributed by atoms with Crippen molar-refractivity contribution in [3.05, 3.63) is 23.8 Å². The molecule has 6 aliphatic carbocycles. The van der Waals surface area contributed by atoms with E-state index in [2.05, 4.69) is 40.3 Å². The smallest absolute Gasteiger partial charge is 0.306 e. The van der Waals surface area contributed by atoms with E-state index in [1.807, 2.05) is 6.92 Å². The molecule has 3 nitrogen and oxygen atoms in total. The van der Waals surface area contributed by atoms with Crippen LogP contribution in [-0.2, 0) is 9.53 Å². The number of hydrogen-bond donors (Lipinski definition) is 1. The summed E-state index contributed by atoms with van der Waals surface area (Å²) in [6.45, 7) is 16.1. The van der Waals surface area contributed by atoms with E-state index >= 15 is 0 Å². The summed E-state index contributed by atoms with van der Waals surface area (Å²) >= 11 is 0. The van der Waals surface area contributed by atoms with Gasteiger partial charge in [0.05, 0.1) is 19.6 Å². The van der Waals surface area contributed by atoms with Crippen LogP contribution in [0.25, 0.3) is 0 Å². The molecule has 0 aromatic heterocycles. The van der Waals surface area contributed by atoms with Crippen LogP contribution in [0.15, 0.2) is 23.8 Å². The van der Waals surface area contributed by atoms with Gasteiger partial charge in [-0.3, -0.25) is 4.79 Å². The number of allylic oxidation sites excluding steroid dienone is 2. The molecule has 0 aliphatic heterocycles. The number of rotatable bonds is 4. The zero-order chi connectivity index (χ0) is 20.0. The van der Waals surface area contributed by atoms with Gasteiger partial charge in [0.15, 0.2) is 0 Å². The fourth-order valence-electron chi connectivity index (χ4n) is 6.12. The minimum Gasteiger partial charge on any atom is -0.466 e. The molecule has 4 fully saturated rings. The topological polar surface area (TPSA) is 46.5 Å². The van der Waals surface area contributed by atoms with Gasteiger partial charge >= 0.3 is 5.97 Å². The second-order valence-corrected chi connectivity index (χ2v) is 10.3. The third-order valence-corrected chi connectivity index (χ3v) is 8.50. The van der Waals surface area contributed by atoms with Crippen LogP contribution >= 0.6 is 0 Å². The summed E-state index contributed by atoms with van der Waals surface area (Å²) in [5.41, 5.74) is 3.48. The summed E-state index contributed by atoms with van der Waals surface area (Å²) in [4.78, 5) is 11.5. The van der Waals surface area contributed by atoms with Crippen molar-refractivity contribution in [2.45, 2.75) is 74.1 Å². The Bertz CT molecular complexity index is 628. The summed E-state index contributed by atoms with van der Waals surface area (Å²) < 4.78 is 5.01. The Kier molecular flexibility index (Phi) is 6.91. The van der Waals surface area contributed by atoms with E-state index in [0.29, 0.717) is 41.6 Å². The Morgan fingerprint density at radius 1 is 1.14 bits per heavy atom. The van der Waals surface area contributed by atoms with E-state index < -0.39 is 0 Å². The maximum Gasteiger partial charge on any atom is 0.306 e. The SMILES string of the molecule is C.C=C1[C@@H](CC(=O)OCC)C[C@H]2C[C@@H]1C2(C)C.CC1(C)[C@H]2CC=C(CO)[C@@H]1C2. The molecule has 28 heavy (non-hydrogen) atoms. The van der Waals surface area contributed by atoms with Crippen LogP contribution in [-0.4, -0.2) is 24.3 Å². The quantitative estimate of drug-likeness (QED) is 0.488. The van der Waals surface area contributed by atoms with E-state index in [-0.39, 0.29) is 20.0 Å². The largest absolute Gasteiger partial charge is 0.466 e. The van der Waals surface area contributed by atoms with Crippen LogP contribution in [0.4, 0.5) is 0 Å². The van der Waals surface area contributed by atoms with E-state index in [0.717, 1.165) is 18.3 Å². The molecule has 0 radical (unpaired) electrons. The van der Waals surface area contributed by atoms with E-state index in [1.165, 1.54) is 30.4 Å². The van der Waals surface area contributed by atoms with Gasteiger partial charge in [0.1, 0.15) is 0 Å². The highest BCUT2D eigenvalue weighted by atomic mass is 16.5. The highest BCUT2D eigenvalue weighted by Gasteiger charge is 2.54. The average Bonchev–Trinajstić information content (AvgIpc) is 2.63. The Balaban J connectivity index is 0.000000205. The van der Waals surface area contributed by atoms with Gasteiger partial charge in [0, 0.05) is 0 Å². The molecule has 0 amide bonds. The first-order valence-corrected chi connectivity index (χ1v) is 10.8. The van der Waals surface area contributed by atoms with Crippen molar-refractivity contribution >= 4 is 5.97 Å². The molecule has 4 saturated carbocycles. The van der Waals surface area contributed by atoms with E-state index in [1.54, 1.807) is 0 Å². The second-order valence-electron chi connectivity index (χ2n) is 10.3. The van der Waals surface area contributed by atoms with Gasteiger partial charge in [-0.15, -0.1) is 0 Å². The van der Waals surface area contributed by atoms with E-state index in [4.69, 9.17) is 9.84 Å². The lowest BCUT2D eigenvalue weighted by Crippen LogP contribution is -2.52. The van der Waals surface area contributed by atoms with Gasteiger partial charge in [-0.2, -0.15) is 0 Å². The zero-order valence-corrected chi connectivity index (χ0v) is 17.9. The van der Waals surface area contributed by atoms with Crippen LogP contribution in [0.3, 0.4) is 0 Å². The van der Waals surface area contributed by atoms with Crippen molar-refractivity contribution in [2.75, 3.05) is 13.2 Å². The molecule has 6 rings (SSSR count). The number of esters is 1. The summed E-state index contributed by atoms with van der Waals surface area (Å²) in [6.07, 6.45) is 7.70. The lowest BCUT2D eigenvalue weighted by Gasteiger charge is -2.60. The molecule has 5 atom stereocenters. The zero-order valence-electron chi connectivity index (χ0n) is 17.9. The predicted octanol–water partition coefficient (Wildman–Crippen LogP) is 5.79. The van der Waals surface area contributed by atoms with Crippen molar-refractivity contribution in [3.8, 4) is 0 Å². The van der Waals surface area contributed by atoms with Gasteiger partial charge in [-0.05, 0) is 78.6 Å². The fraction of sp³-hybridized carbons (Fsp3) is 0.800. The summed E-state index contributed by atoms with van der Waals surface area (Å²) in [5, 5.41) is 9.05. The van der Waals surface area contributed by atoms with Gasteiger partial charge in [0.25, 0.3) is 0 Å². The molecule has 160 valence electrons. The van der Waals surface area contributed by atoms with Crippen molar-refractivity contribution < 1.29 is 14.6 Å². The fourth-order valence-corrected chi connectivity index (χ4v) is 6.12. The first kappa shape index (κ1) is 23.2. The van der Waals surface area contributed by atoms with Gasteiger partial charge in [0.2, 0.25) is 0 Å². The summed E-state index contributed by atoms with van der Waals surface area (Å²) in [7, 11) is 0. The van der Waals surface area contributed by atoms with Crippen molar-refractivity contribution in [3.63, 3.8) is 0 Å². The third kappa shape index (κ3) is 3.84. The van der Waals surface area contributed by atoms with Crippen LogP contribution in [0.1, 0.15) is 74.1 Å². The molecule has 4 bridgehead atoms. The first-order valence-electron chi connectivity index (χ1n) is 10.8. The number of carbonyl (C=O) groups excluding carboxylic acids is 1. The van der Waals surface area contributed by atoms with Gasteiger partial charge in [-0.1, -0.05) is 53.3 Å². The Labute approximate surface area is 172 Å². The Morgan fingerprint density at radius 2 is 1.75 bits per heavy atom. The molecule has 0 heterocycles. The molecular weight excluding hydrogens is 348 g/mol. The van der Waals surface area contributed by atoms with Crippen LogP contribution in [0.2, 0.25) is 0 Å². The second kappa shape index (κ2) is 8.34. The van der Waals surface area contributed by atoms with Crippen LogP contribution in [0.5, 0.6) is 0 Å². The van der Waals surface area contributed by atoms with Crippen LogP contribution < -0.4 is 0 Å². The number of carbonyl (C=O) groups is 1. The molecule has 6 aliphatic rings. The molecule has 0 spiro atoms. The highest BCUT2D eigenvalue weighted by Crippen LogP contribution is 2.63. The molecular formula is C25H42O3.